The lowest BCUT2D eigenvalue weighted by Gasteiger charge is -2.13. The van der Waals surface area contributed by atoms with Gasteiger partial charge in [-0.15, -0.1) is 0 Å². The van der Waals surface area contributed by atoms with E-state index in [1.54, 1.807) is 6.07 Å². The number of carboxylic acids is 1. The highest BCUT2D eigenvalue weighted by molar-refractivity contribution is 9.10. The summed E-state index contributed by atoms with van der Waals surface area (Å²) in [5, 5.41) is 12.6. The van der Waals surface area contributed by atoms with Crippen LogP contribution in [0.15, 0.2) is 16.6 Å². The van der Waals surface area contributed by atoms with E-state index in [0.717, 1.165) is 0 Å². The number of hydrogen-bond donors (Lipinski definition) is 2. The van der Waals surface area contributed by atoms with Crippen LogP contribution in [-0.2, 0) is 0 Å². The molecule has 0 aromatic heterocycles. The summed E-state index contributed by atoms with van der Waals surface area (Å²) in [4.78, 5) is 11.1. The molecule has 0 saturated heterocycles. The van der Waals surface area contributed by atoms with E-state index >= 15 is 0 Å². The lowest BCUT2D eigenvalue weighted by molar-refractivity contribution is 0.0698. The molecule has 0 heterocycles. The fourth-order valence-electron chi connectivity index (χ4n) is 1.23. The summed E-state index contributed by atoms with van der Waals surface area (Å²) in [6.07, 6.45) is 0. The lowest BCUT2D eigenvalue weighted by atomic mass is 10.1. The Morgan fingerprint density at radius 1 is 1.56 bits per heavy atom. The van der Waals surface area contributed by atoms with Crippen molar-refractivity contribution in [2.75, 3.05) is 11.9 Å². The number of halogens is 2. The predicted octanol–water partition coefficient (Wildman–Crippen LogP) is 3.87. The van der Waals surface area contributed by atoms with Gasteiger partial charge < -0.3 is 10.4 Å². The summed E-state index contributed by atoms with van der Waals surface area (Å²) in [6, 6.07) is 3.12. The molecular weight excluding hydrogens is 293 g/mol. The summed E-state index contributed by atoms with van der Waals surface area (Å²) in [5.41, 5.74) is 0.755. The van der Waals surface area contributed by atoms with Crippen LogP contribution >= 0.6 is 27.5 Å². The highest BCUT2D eigenvalue weighted by Gasteiger charge is 2.14. The van der Waals surface area contributed by atoms with Crippen molar-refractivity contribution in [2.24, 2.45) is 5.92 Å². The van der Waals surface area contributed by atoms with Crippen molar-refractivity contribution in [1.29, 1.82) is 0 Å². The van der Waals surface area contributed by atoms with Crippen LogP contribution in [0.3, 0.4) is 0 Å². The second-order valence-corrected chi connectivity index (χ2v) is 5.18. The number of rotatable bonds is 4. The zero-order chi connectivity index (χ0) is 12.3. The van der Waals surface area contributed by atoms with Crippen molar-refractivity contribution in [3.8, 4) is 0 Å². The summed E-state index contributed by atoms with van der Waals surface area (Å²) in [5.74, 6) is -0.557. The fourth-order valence-corrected chi connectivity index (χ4v) is 2.18. The zero-order valence-corrected chi connectivity index (χ0v) is 11.4. The van der Waals surface area contributed by atoms with E-state index in [1.807, 2.05) is 0 Å². The van der Waals surface area contributed by atoms with Crippen LogP contribution < -0.4 is 5.32 Å². The Morgan fingerprint density at radius 3 is 2.69 bits per heavy atom. The molecule has 0 amide bonds. The van der Waals surface area contributed by atoms with Gasteiger partial charge in [0, 0.05) is 16.0 Å². The van der Waals surface area contributed by atoms with Gasteiger partial charge in [0.2, 0.25) is 0 Å². The molecule has 0 radical (unpaired) electrons. The molecule has 1 aromatic rings. The predicted molar refractivity (Wildman–Crippen MR) is 69.4 cm³/mol. The topological polar surface area (TPSA) is 49.3 Å². The number of carboxylic acid groups (broad SMARTS) is 1. The van der Waals surface area contributed by atoms with Gasteiger partial charge in [-0.3, -0.25) is 0 Å². The van der Waals surface area contributed by atoms with Gasteiger partial charge in [-0.2, -0.15) is 0 Å². The molecule has 88 valence electrons. The molecule has 16 heavy (non-hydrogen) atoms. The minimum absolute atomic E-state index is 0.181. The average molecular weight is 307 g/mol. The van der Waals surface area contributed by atoms with Crippen molar-refractivity contribution < 1.29 is 9.90 Å². The molecule has 0 fully saturated rings. The first kappa shape index (κ1) is 13.3. The Hall–Kier alpha value is -0.740. The van der Waals surface area contributed by atoms with Gasteiger partial charge in [-0.05, 0) is 34.0 Å². The normalized spacial score (nSPS) is 10.6. The minimum Gasteiger partial charge on any atom is -0.478 e. The monoisotopic (exact) mass is 305 g/mol. The average Bonchev–Trinajstić information content (AvgIpc) is 2.14. The summed E-state index contributed by atoms with van der Waals surface area (Å²) < 4.78 is 0.665. The van der Waals surface area contributed by atoms with E-state index in [9.17, 15) is 4.79 Å². The van der Waals surface area contributed by atoms with Gasteiger partial charge >= 0.3 is 5.97 Å². The Kier molecular flexibility index (Phi) is 4.62. The Bertz CT molecular complexity index is 407. The van der Waals surface area contributed by atoms with Crippen LogP contribution in [0.1, 0.15) is 24.2 Å². The van der Waals surface area contributed by atoms with Crippen LogP contribution in [0.2, 0.25) is 5.02 Å². The lowest BCUT2D eigenvalue weighted by Crippen LogP contribution is -2.12. The van der Waals surface area contributed by atoms with Crippen molar-refractivity contribution >= 4 is 39.2 Å². The highest BCUT2D eigenvalue weighted by atomic mass is 79.9. The zero-order valence-electron chi connectivity index (χ0n) is 9.05. The first-order valence-electron chi connectivity index (χ1n) is 4.88. The van der Waals surface area contributed by atoms with E-state index in [0.29, 0.717) is 27.6 Å². The molecule has 0 unspecified atom stereocenters. The first-order valence-corrected chi connectivity index (χ1v) is 6.05. The van der Waals surface area contributed by atoms with Gasteiger partial charge in [0.15, 0.2) is 0 Å². The molecule has 5 heteroatoms. The van der Waals surface area contributed by atoms with Gasteiger partial charge in [0.1, 0.15) is 0 Å². The molecule has 3 nitrogen and oxygen atoms in total. The number of anilines is 1. The molecule has 0 bridgehead atoms. The highest BCUT2D eigenvalue weighted by Crippen LogP contribution is 2.30. The third kappa shape index (κ3) is 3.39. The largest absolute Gasteiger partial charge is 0.478 e. The SMILES string of the molecule is CC(C)CNc1c(Br)cc(Cl)cc1C(=O)O. The van der Waals surface area contributed by atoms with Crippen molar-refractivity contribution in [3.05, 3.63) is 27.2 Å². The van der Waals surface area contributed by atoms with E-state index in [2.05, 4.69) is 35.1 Å². The maximum Gasteiger partial charge on any atom is 0.337 e. The van der Waals surface area contributed by atoms with Crippen LogP contribution in [0, 0.1) is 5.92 Å². The van der Waals surface area contributed by atoms with E-state index in [1.165, 1.54) is 6.07 Å². The summed E-state index contributed by atoms with van der Waals surface area (Å²) >= 11 is 9.11. The van der Waals surface area contributed by atoms with Crippen molar-refractivity contribution in [2.45, 2.75) is 13.8 Å². The van der Waals surface area contributed by atoms with Crippen LogP contribution in [-0.4, -0.2) is 17.6 Å². The third-order valence-corrected chi connectivity index (χ3v) is 2.82. The number of nitrogens with one attached hydrogen (secondary N) is 1. The van der Waals surface area contributed by atoms with Gasteiger partial charge in [0.25, 0.3) is 0 Å². The smallest absolute Gasteiger partial charge is 0.337 e. The first-order chi connectivity index (χ1) is 7.41. The molecule has 0 spiro atoms. The van der Waals surface area contributed by atoms with Crippen LogP contribution in [0.25, 0.3) is 0 Å². The quantitative estimate of drug-likeness (QED) is 0.888. The van der Waals surface area contributed by atoms with Crippen molar-refractivity contribution in [1.82, 2.24) is 0 Å². The molecule has 0 aliphatic carbocycles. The Balaban J connectivity index is 3.09. The van der Waals surface area contributed by atoms with Crippen LogP contribution in [0.4, 0.5) is 5.69 Å². The molecule has 0 aliphatic heterocycles. The minimum atomic E-state index is -0.991. The molecule has 0 aliphatic rings. The van der Waals surface area contributed by atoms with E-state index in [-0.39, 0.29) is 5.56 Å². The number of hydrogen-bond acceptors (Lipinski definition) is 2. The van der Waals surface area contributed by atoms with Gasteiger partial charge in [0.05, 0.1) is 11.3 Å². The molecule has 2 N–H and O–H groups in total. The Labute approximate surface area is 108 Å². The Morgan fingerprint density at radius 2 is 2.19 bits per heavy atom. The van der Waals surface area contributed by atoms with E-state index in [4.69, 9.17) is 16.7 Å². The third-order valence-electron chi connectivity index (χ3n) is 1.97. The number of carbonyl (C=O) groups is 1. The second-order valence-electron chi connectivity index (χ2n) is 3.89. The summed E-state index contributed by atoms with van der Waals surface area (Å²) in [7, 11) is 0. The van der Waals surface area contributed by atoms with Crippen molar-refractivity contribution in [3.63, 3.8) is 0 Å². The van der Waals surface area contributed by atoms with Gasteiger partial charge in [-0.25, -0.2) is 4.79 Å². The molecular formula is C11H13BrClNO2. The van der Waals surface area contributed by atoms with E-state index < -0.39 is 5.97 Å². The molecule has 0 atom stereocenters. The van der Waals surface area contributed by atoms with Crippen LogP contribution in [0.5, 0.6) is 0 Å². The second kappa shape index (κ2) is 5.55. The molecule has 1 rings (SSSR count). The fraction of sp³-hybridized carbons (Fsp3) is 0.364. The maximum atomic E-state index is 11.1. The summed E-state index contributed by atoms with van der Waals surface area (Å²) in [6.45, 7) is 4.81. The standard InChI is InChI=1S/C11H13BrClNO2/c1-6(2)5-14-10-8(11(15)16)3-7(13)4-9(10)12/h3-4,6,14H,5H2,1-2H3,(H,15,16). The van der Waals surface area contributed by atoms with Gasteiger partial charge in [-0.1, -0.05) is 25.4 Å². The number of benzene rings is 1. The number of aromatic carboxylic acids is 1. The molecule has 1 aromatic carbocycles. The molecule has 0 saturated carbocycles. The maximum absolute atomic E-state index is 11.1.